The van der Waals surface area contributed by atoms with Crippen LogP contribution in [0, 0.1) is 6.92 Å². The summed E-state index contributed by atoms with van der Waals surface area (Å²) in [5, 5.41) is 4.75. The molecule has 0 atom stereocenters. The maximum atomic E-state index is 5.06. The first-order valence-corrected chi connectivity index (χ1v) is 10.3. The van der Waals surface area contributed by atoms with Crippen molar-refractivity contribution in [2.24, 2.45) is 0 Å². The third kappa shape index (κ3) is 3.51. The summed E-state index contributed by atoms with van der Waals surface area (Å²) >= 11 is 0. The van der Waals surface area contributed by atoms with Crippen LogP contribution < -0.4 is 4.90 Å². The van der Waals surface area contributed by atoms with E-state index in [2.05, 4.69) is 74.8 Å². The Bertz CT molecular complexity index is 957. The molecule has 4 rings (SSSR count). The zero-order valence-electron chi connectivity index (χ0n) is 17.7. The summed E-state index contributed by atoms with van der Waals surface area (Å²) in [5.41, 5.74) is 5.57. The summed E-state index contributed by atoms with van der Waals surface area (Å²) in [7, 11) is 0. The summed E-state index contributed by atoms with van der Waals surface area (Å²) in [5.74, 6) is 1.16. The molecule has 0 radical (unpaired) electrons. The molecule has 28 heavy (non-hydrogen) atoms. The molecule has 1 aliphatic rings. The van der Waals surface area contributed by atoms with Crippen LogP contribution in [0.4, 0.5) is 5.82 Å². The van der Waals surface area contributed by atoms with E-state index in [1.54, 1.807) is 0 Å². The van der Waals surface area contributed by atoms with Gasteiger partial charge in [-0.1, -0.05) is 57.5 Å². The van der Waals surface area contributed by atoms with E-state index < -0.39 is 0 Å². The van der Waals surface area contributed by atoms with Crippen molar-refractivity contribution in [2.45, 2.75) is 40.0 Å². The van der Waals surface area contributed by atoms with Crippen molar-refractivity contribution in [1.29, 1.82) is 0 Å². The van der Waals surface area contributed by atoms with Gasteiger partial charge in [-0.15, -0.1) is 0 Å². The Morgan fingerprint density at radius 3 is 2.29 bits per heavy atom. The Balaban J connectivity index is 1.84. The lowest BCUT2D eigenvalue weighted by molar-refractivity contribution is 0.270. The number of anilines is 1. The first kappa shape index (κ1) is 18.9. The summed E-state index contributed by atoms with van der Waals surface area (Å²) in [6.45, 7) is 16.4. The molecule has 148 valence electrons. The Kier molecular flexibility index (Phi) is 4.88. The fourth-order valence-corrected chi connectivity index (χ4v) is 3.79. The predicted molar refractivity (Wildman–Crippen MR) is 116 cm³/mol. The average molecular weight is 378 g/mol. The van der Waals surface area contributed by atoms with Crippen molar-refractivity contribution in [2.75, 3.05) is 37.6 Å². The zero-order chi connectivity index (χ0) is 19.9. The van der Waals surface area contributed by atoms with Crippen molar-refractivity contribution in [3.63, 3.8) is 0 Å². The van der Waals surface area contributed by atoms with Crippen molar-refractivity contribution < 1.29 is 0 Å². The van der Waals surface area contributed by atoms with Crippen LogP contribution in [-0.2, 0) is 5.41 Å². The van der Waals surface area contributed by atoms with Gasteiger partial charge >= 0.3 is 0 Å². The molecule has 0 bridgehead atoms. The Morgan fingerprint density at radius 2 is 1.68 bits per heavy atom. The smallest absolute Gasteiger partial charge is 0.165 e. The second-order valence-corrected chi connectivity index (χ2v) is 8.83. The first-order valence-electron chi connectivity index (χ1n) is 10.3. The number of likely N-dealkylation sites (N-methyl/N-ethyl adjacent to an activating group) is 1. The molecule has 0 saturated carbocycles. The zero-order valence-corrected chi connectivity index (χ0v) is 17.7. The van der Waals surface area contributed by atoms with E-state index in [1.165, 1.54) is 11.1 Å². The lowest BCUT2D eigenvalue weighted by Crippen LogP contribution is -2.46. The SMILES string of the molecule is CCN1CCN(c2cc(C(C)(C)C)nc3c(-c4ccc(C)cc4)cnn23)CC1. The maximum absolute atomic E-state index is 5.06. The van der Waals surface area contributed by atoms with Crippen molar-refractivity contribution in [1.82, 2.24) is 19.5 Å². The van der Waals surface area contributed by atoms with Crippen molar-refractivity contribution in [3.8, 4) is 11.1 Å². The van der Waals surface area contributed by atoms with E-state index >= 15 is 0 Å². The molecule has 1 fully saturated rings. The second kappa shape index (κ2) is 7.21. The van der Waals surface area contributed by atoms with Gasteiger partial charge in [0.2, 0.25) is 0 Å². The lowest BCUT2D eigenvalue weighted by Gasteiger charge is -2.36. The van der Waals surface area contributed by atoms with Gasteiger partial charge in [0.1, 0.15) is 5.82 Å². The first-order chi connectivity index (χ1) is 13.4. The number of piperazine rings is 1. The van der Waals surface area contributed by atoms with Gasteiger partial charge < -0.3 is 9.80 Å². The van der Waals surface area contributed by atoms with Crippen LogP contribution in [0.15, 0.2) is 36.5 Å². The molecule has 1 saturated heterocycles. The highest BCUT2D eigenvalue weighted by atomic mass is 15.4. The fourth-order valence-electron chi connectivity index (χ4n) is 3.79. The number of aromatic nitrogens is 3. The lowest BCUT2D eigenvalue weighted by atomic mass is 9.91. The second-order valence-electron chi connectivity index (χ2n) is 8.83. The Hall–Kier alpha value is -2.40. The molecule has 0 unspecified atom stereocenters. The van der Waals surface area contributed by atoms with E-state index in [9.17, 15) is 0 Å². The van der Waals surface area contributed by atoms with E-state index in [0.717, 1.165) is 55.4 Å². The summed E-state index contributed by atoms with van der Waals surface area (Å²) in [4.78, 5) is 10.0. The molecule has 2 aromatic heterocycles. The molecular formula is C23H31N5. The molecule has 0 N–H and O–H groups in total. The van der Waals surface area contributed by atoms with Crippen LogP contribution >= 0.6 is 0 Å². The molecule has 5 heteroatoms. The van der Waals surface area contributed by atoms with Gasteiger partial charge in [0.05, 0.1) is 11.9 Å². The third-order valence-corrected chi connectivity index (χ3v) is 5.73. The minimum atomic E-state index is -0.0173. The third-order valence-electron chi connectivity index (χ3n) is 5.73. The minimum Gasteiger partial charge on any atom is -0.354 e. The number of aryl methyl sites for hydroxylation is 1. The maximum Gasteiger partial charge on any atom is 0.165 e. The van der Waals surface area contributed by atoms with Crippen LogP contribution in [-0.4, -0.2) is 52.2 Å². The van der Waals surface area contributed by atoms with E-state index in [4.69, 9.17) is 10.1 Å². The number of hydrogen-bond donors (Lipinski definition) is 0. The molecule has 5 nitrogen and oxygen atoms in total. The van der Waals surface area contributed by atoms with Gasteiger partial charge in [-0.05, 0) is 19.0 Å². The molecule has 0 aliphatic carbocycles. The van der Waals surface area contributed by atoms with Gasteiger partial charge in [0, 0.05) is 43.2 Å². The largest absolute Gasteiger partial charge is 0.354 e. The molecule has 3 heterocycles. The molecule has 1 aromatic carbocycles. The Labute approximate surface area is 168 Å². The quantitative estimate of drug-likeness (QED) is 0.687. The highest BCUT2D eigenvalue weighted by Crippen LogP contribution is 2.31. The predicted octanol–water partition coefficient (Wildman–Crippen LogP) is 4.14. The molecular weight excluding hydrogens is 346 g/mol. The standard InChI is InChI=1S/C23H31N5/c1-6-26-11-13-27(14-12-26)21-15-20(23(3,4)5)25-22-19(16-24-28(21)22)18-9-7-17(2)8-10-18/h7-10,15-16H,6,11-14H2,1-5H3. The molecule has 0 amide bonds. The van der Waals surface area contributed by atoms with E-state index in [1.807, 2.05) is 10.7 Å². The van der Waals surface area contributed by atoms with E-state index in [-0.39, 0.29) is 5.41 Å². The van der Waals surface area contributed by atoms with Crippen LogP contribution in [0.25, 0.3) is 16.8 Å². The van der Waals surface area contributed by atoms with E-state index in [0.29, 0.717) is 0 Å². The topological polar surface area (TPSA) is 36.7 Å². The number of nitrogens with zero attached hydrogens (tertiary/aromatic N) is 5. The highest BCUT2D eigenvalue weighted by molar-refractivity contribution is 5.78. The molecule has 0 spiro atoms. The Morgan fingerprint density at radius 1 is 1.00 bits per heavy atom. The summed E-state index contributed by atoms with van der Waals surface area (Å²) in [6, 6.07) is 10.9. The van der Waals surface area contributed by atoms with Gasteiger partial charge in [-0.3, -0.25) is 0 Å². The van der Waals surface area contributed by atoms with Gasteiger partial charge in [-0.2, -0.15) is 9.61 Å². The van der Waals surface area contributed by atoms with Gasteiger partial charge in [0.15, 0.2) is 5.65 Å². The molecule has 1 aliphatic heterocycles. The van der Waals surface area contributed by atoms with Crippen LogP contribution in [0.1, 0.15) is 39.0 Å². The van der Waals surface area contributed by atoms with Crippen LogP contribution in [0.2, 0.25) is 0 Å². The fraction of sp³-hybridized carbons (Fsp3) is 0.478. The van der Waals surface area contributed by atoms with Gasteiger partial charge in [-0.25, -0.2) is 4.98 Å². The summed E-state index contributed by atoms with van der Waals surface area (Å²) < 4.78 is 2.03. The molecule has 3 aromatic rings. The summed E-state index contributed by atoms with van der Waals surface area (Å²) in [6.07, 6.45) is 1.96. The van der Waals surface area contributed by atoms with Crippen LogP contribution in [0.5, 0.6) is 0 Å². The van der Waals surface area contributed by atoms with Crippen LogP contribution in [0.3, 0.4) is 0 Å². The minimum absolute atomic E-state index is 0.0173. The number of hydrogen-bond acceptors (Lipinski definition) is 4. The highest BCUT2D eigenvalue weighted by Gasteiger charge is 2.24. The average Bonchev–Trinajstić information content (AvgIpc) is 3.11. The normalized spacial score (nSPS) is 16.1. The number of rotatable bonds is 3. The van der Waals surface area contributed by atoms with Crippen molar-refractivity contribution in [3.05, 3.63) is 47.8 Å². The number of benzene rings is 1. The van der Waals surface area contributed by atoms with Gasteiger partial charge in [0.25, 0.3) is 0 Å². The monoisotopic (exact) mass is 377 g/mol. The number of fused-ring (bicyclic) bond motifs is 1. The van der Waals surface area contributed by atoms with Crippen molar-refractivity contribution >= 4 is 11.5 Å².